The monoisotopic (exact) mass is 552 g/mol. The van der Waals surface area contributed by atoms with Crippen LogP contribution in [0, 0.1) is 0 Å². The van der Waals surface area contributed by atoms with Gasteiger partial charge in [-0.2, -0.15) is 26.3 Å². The van der Waals surface area contributed by atoms with Crippen LogP contribution in [0.2, 0.25) is 0 Å². The Labute approximate surface area is 210 Å². The number of hydrogen-bond donors (Lipinski definition) is 2. The first kappa shape index (κ1) is 29.0. The van der Waals surface area contributed by atoms with Gasteiger partial charge in [0.15, 0.2) is 11.5 Å². The van der Waals surface area contributed by atoms with Crippen LogP contribution in [-0.4, -0.2) is 49.7 Å². The van der Waals surface area contributed by atoms with Crippen molar-refractivity contribution in [2.24, 2.45) is 0 Å². The van der Waals surface area contributed by atoms with E-state index in [0.29, 0.717) is 6.07 Å². The number of aromatic nitrogens is 3. The van der Waals surface area contributed by atoms with Gasteiger partial charge in [-0.3, -0.25) is 14.9 Å². The molecule has 0 fully saturated rings. The number of hydrogen-bond acceptors (Lipinski definition) is 9. The summed E-state index contributed by atoms with van der Waals surface area (Å²) in [6.07, 6.45) is -15.2. The van der Waals surface area contributed by atoms with E-state index < -0.39 is 108 Å². The minimum Gasteiger partial charge on any atom is -0.444 e. The quantitative estimate of drug-likeness (QED) is 0.469. The molecule has 1 aliphatic rings. The maximum atomic E-state index is 13.9. The molecule has 0 aromatic carbocycles. The predicted molar refractivity (Wildman–Crippen MR) is 115 cm³/mol. The van der Waals surface area contributed by atoms with Gasteiger partial charge in [-0.25, -0.2) is 9.78 Å². The van der Waals surface area contributed by atoms with Crippen LogP contribution in [0.1, 0.15) is 74.8 Å². The van der Waals surface area contributed by atoms with Crippen molar-refractivity contribution in [2.75, 3.05) is 5.32 Å². The number of alkyl halides is 6. The second-order valence-electron chi connectivity index (χ2n) is 9.49. The molecule has 2 aromatic rings. The molecule has 16 heteroatoms. The minimum atomic E-state index is -5.34. The first-order valence-corrected chi connectivity index (χ1v) is 11.1. The van der Waals surface area contributed by atoms with E-state index >= 15 is 0 Å². The molecule has 1 atom stereocenters. The average molecular weight is 552 g/mol. The summed E-state index contributed by atoms with van der Waals surface area (Å²) in [5, 5.41) is 19.0. The molecule has 208 valence electrons. The zero-order valence-corrected chi connectivity index (χ0v) is 20.2. The summed E-state index contributed by atoms with van der Waals surface area (Å²) in [5.41, 5.74) is -9.15. The van der Waals surface area contributed by atoms with Gasteiger partial charge in [0.25, 0.3) is 11.8 Å². The van der Waals surface area contributed by atoms with Crippen molar-refractivity contribution in [3.63, 3.8) is 0 Å². The summed E-state index contributed by atoms with van der Waals surface area (Å²) in [4.78, 5) is 40.8. The maximum absolute atomic E-state index is 13.9. The molecule has 3 heterocycles. The summed E-state index contributed by atoms with van der Waals surface area (Å²) in [6.45, 7) is 4.38. The molecule has 2 aromatic heterocycles. The van der Waals surface area contributed by atoms with Gasteiger partial charge in [0.05, 0.1) is 11.3 Å². The maximum Gasteiger partial charge on any atom is 0.426 e. The van der Waals surface area contributed by atoms with E-state index in [1.165, 1.54) is 20.8 Å². The van der Waals surface area contributed by atoms with Crippen molar-refractivity contribution in [3.8, 4) is 11.6 Å². The van der Waals surface area contributed by atoms with Crippen LogP contribution in [0.4, 0.5) is 36.8 Å². The molecule has 1 unspecified atom stereocenters. The van der Waals surface area contributed by atoms with Crippen LogP contribution in [0.3, 0.4) is 0 Å². The summed E-state index contributed by atoms with van der Waals surface area (Å²) in [7, 11) is 0. The molecule has 0 saturated heterocycles. The summed E-state index contributed by atoms with van der Waals surface area (Å²) >= 11 is 0. The first-order valence-electron chi connectivity index (χ1n) is 11.1. The van der Waals surface area contributed by atoms with Crippen LogP contribution >= 0.6 is 0 Å². The Bertz CT molecular complexity index is 1250. The number of fused-ring (bicyclic) bond motifs is 5. The van der Waals surface area contributed by atoms with Gasteiger partial charge >= 0.3 is 18.4 Å². The van der Waals surface area contributed by atoms with E-state index in [0.717, 1.165) is 0 Å². The lowest BCUT2D eigenvalue weighted by Crippen LogP contribution is -2.42. The van der Waals surface area contributed by atoms with Crippen molar-refractivity contribution in [3.05, 3.63) is 23.2 Å². The Balaban J connectivity index is 2.27. The van der Waals surface area contributed by atoms with Crippen molar-refractivity contribution in [2.45, 2.75) is 76.4 Å². The van der Waals surface area contributed by atoms with Gasteiger partial charge in [0, 0.05) is 19.3 Å². The largest absolute Gasteiger partial charge is 0.444 e. The Morgan fingerprint density at radius 1 is 1.05 bits per heavy atom. The van der Waals surface area contributed by atoms with Gasteiger partial charge in [-0.05, 0) is 39.7 Å². The van der Waals surface area contributed by atoms with E-state index in [4.69, 9.17) is 9.15 Å². The number of nitrogens with one attached hydrogen (secondary N) is 1. The highest BCUT2D eigenvalue weighted by Crippen LogP contribution is 2.44. The van der Waals surface area contributed by atoms with Crippen LogP contribution in [0.25, 0.3) is 11.6 Å². The fourth-order valence-electron chi connectivity index (χ4n) is 3.51. The van der Waals surface area contributed by atoms with Crippen LogP contribution in [-0.2, 0) is 21.3 Å². The third-order valence-electron chi connectivity index (χ3n) is 5.30. The average Bonchev–Trinajstić information content (AvgIpc) is 3.24. The second kappa shape index (κ2) is 9.96. The number of pyridine rings is 1. The van der Waals surface area contributed by atoms with Crippen LogP contribution in [0.5, 0.6) is 0 Å². The molecule has 2 N–H and O–H groups in total. The SMILES string of the molecule is CC(C)(C)OC(=O)Nc1cc(C(F)(F)F)c2nc1-c1nnc(o1)C(O)(C(F)(F)F)CCCC(=O)CCC2=O. The van der Waals surface area contributed by atoms with Crippen molar-refractivity contribution in [1.29, 1.82) is 0 Å². The third kappa shape index (κ3) is 6.28. The minimum absolute atomic E-state index is 0.313. The molecule has 0 spiro atoms. The molecule has 0 aliphatic carbocycles. The number of halogens is 6. The van der Waals surface area contributed by atoms with E-state index in [1.54, 1.807) is 0 Å². The molecule has 38 heavy (non-hydrogen) atoms. The number of ether oxygens (including phenoxy) is 1. The predicted octanol–water partition coefficient (Wildman–Crippen LogP) is 4.96. The fourth-order valence-corrected chi connectivity index (χ4v) is 3.51. The Morgan fingerprint density at radius 3 is 2.29 bits per heavy atom. The highest BCUT2D eigenvalue weighted by Gasteiger charge is 2.58. The lowest BCUT2D eigenvalue weighted by Gasteiger charge is -2.26. The van der Waals surface area contributed by atoms with Gasteiger partial charge < -0.3 is 14.3 Å². The molecule has 1 amide bonds. The second-order valence-corrected chi connectivity index (χ2v) is 9.49. The topological polar surface area (TPSA) is 145 Å². The Hall–Kier alpha value is -3.56. The molecule has 0 saturated carbocycles. The number of ketones is 2. The highest BCUT2D eigenvalue weighted by atomic mass is 19.4. The molecular weight excluding hydrogens is 530 g/mol. The Morgan fingerprint density at radius 2 is 1.71 bits per heavy atom. The summed E-state index contributed by atoms with van der Waals surface area (Å²) in [5.74, 6) is -4.21. The fraction of sp³-hybridized carbons (Fsp3) is 0.545. The molecular formula is C22H22F6N4O6. The van der Waals surface area contributed by atoms with Crippen LogP contribution in [0.15, 0.2) is 10.5 Å². The number of carbonyl (C=O) groups is 3. The van der Waals surface area contributed by atoms with E-state index in [1.807, 2.05) is 5.32 Å². The molecule has 1 aliphatic heterocycles. The van der Waals surface area contributed by atoms with Gasteiger partial charge in [0.1, 0.15) is 17.1 Å². The van der Waals surface area contributed by atoms with E-state index in [-0.39, 0.29) is 0 Å². The van der Waals surface area contributed by atoms with Crippen molar-refractivity contribution < 1.29 is 55.0 Å². The summed E-state index contributed by atoms with van der Waals surface area (Å²) in [6, 6.07) is 0.313. The third-order valence-corrected chi connectivity index (χ3v) is 5.30. The lowest BCUT2D eigenvalue weighted by atomic mass is 9.94. The molecule has 0 radical (unpaired) electrons. The Kier molecular flexibility index (Phi) is 7.60. The summed E-state index contributed by atoms with van der Waals surface area (Å²) < 4.78 is 93.1. The van der Waals surface area contributed by atoms with Gasteiger partial charge in [-0.1, -0.05) is 0 Å². The zero-order chi connectivity index (χ0) is 28.7. The number of nitrogens with zero attached hydrogens (tertiary/aromatic N) is 3. The first-order chi connectivity index (χ1) is 17.3. The number of anilines is 1. The normalized spacial score (nSPS) is 19.6. The highest BCUT2D eigenvalue weighted by molar-refractivity contribution is 6.00. The molecule has 4 bridgehead atoms. The number of Topliss-reactive ketones (excluding diaryl/α,β-unsaturated/α-hetero) is 2. The standard InChI is InChI=1S/C22H22F6N4O6/c1-19(2,3)38-18(35)29-12-9-11(21(23,24)25)14-13(34)7-6-10(33)5-4-8-20(36,22(26,27)28)17-32-31-16(37-17)15(12)30-14/h9,36H,4-8H2,1-3H3,(H,29,35). The number of rotatable bonds is 1. The smallest absolute Gasteiger partial charge is 0.426 e. The van der Waals surface area contributed by atoms with Crippen LogP contribution < -0.4 is 5.32 Å². The molecule has 3 rings (SSSR count). The van der Waals surface area contributed by atoms with Gasteiger partial charge in [0.2, 0.25) is 5.60 Å². The number of amides is 1. The van der Waals surface area contributed by atoms with E-state index in [2.05, 4.69) is 15.2 Å². The van der Waals surface area contributed by atoms with Crippen molar-refractivity contribution >= 4 is 23.3 Å². The molecule has 10 nitrogen and oxygen atoms in total. The van der Waals surface area contributed by atoms with Gasteiger partial charge in [-0.15, -0.1) is 10.2 Å². The van der Waals surface area contributed by atoms with E-state index in [9.17, 15) is 45.8 Å². The lowest BCUT2D eigenvalue weighted by molar-refractivity contribution is -0.277. The number of aliphatic hydroxyl groups is 1. The van der Waals surface area contributed by atoms with Crippen molar-refractivity contribution in [1.82, 2.24) is 15.2 Å². The number of carbonyl (C=O) groups excluding carboxylic acids is 3. The zero-order valence-electron chi connectivity index (χ0n) is 20.2.